The van der Waals surface area contributed by atoms with E-state index in [9.17, 15) is 9.59 Å². The lowest BCUT2D eigenvalue weighted by molar-refractivity contribution is -0.119. The highest BCUT2D eigenvalue weighted by Gasteiger charge is 2.23. The summed E-state index contributed by atoms with van der Waals surface area (Å²) in [5.74, 6) is 0.665. The molecule has 0 spiro atoms. The number of nitrogens with one attached hydrogen (secondary N) is 2. The first kappa shape index (κ1) is 17.4. The van der Waals surface area contributed by atoms with E-state index >= 15 is 0 Å². The number of carbonyl (C=O) groups is 2. The maximum absolute atomic E-state index is 12.1. The van der Waals surface area contributed by atoms with Crippen LogP contribution in [0.5, 0.6) is 5.75 Å². The largest absolute Gasteiger partial charge is 0.497 e. The topological polar surface area (TPSA) is 80.3 Å². The Morgan fingerprint density at radius 1 is 1.28 bits per heavy atom. The van der Waals surface area contributed by atoms with E-state index < -0.39 is 0 Å². The summed E-state index contributed by atoms with van der Waals surface area (Å²) in [4.78, 5) is 28.6. The summed E-state index contributed by atoms with van der Waals surface area (Å²) in [6.07, 6.45) is 4.30. The second-order valence-electron chi connectivity index (χ2n) is 6.07. The molecule has 1 aromatic heterocycles. The van der Waals surface area contributed by atoms with Gasteiger partial charge in [-0.3, -0.25) is 9.59 Å². The Morgan fingerprint density at radius 3 is 2.84 bits per heavy atom. The van der Waals surface area contributed by atoms with Gasteiger partial charge in [-0.25, -0.2) is 4.98 Å². The van der Waals surface area contributed by atoms with Crippen molar-refractivity contribution in [2.75, 3.05) is 17.7 Å². The summed E-state index contributed by atoms with van der Waals surface area (Å²) in [5.41, 5.74) is 1.32. The number of rotatable bonds is 6. The number of aromatic nitrogens is 1. The third kappa shape index (κ3) is 4.79. The lowest BCUT2D eigenvalue weighted by atomic mass is 10.1. The normalized spacial score (nSPS) is 14.3. The Balaban J connectivity index is 1.53. The number of hydrogen-bond donors (Lipinski definition) is 2. The molecular formula is C18H21N3O3S. The van der Waals surface area contributed by atoms with E-state index in [1.54, 1.807) is 24.6 Å². The molecule has 25 heavy (non-hydrogen) atoms. The van der Waals surface area contributed by atoms with Crippen LogP contribution in [0.25, 0.3) is 0 Å². The number of amides is 2. The van der Waals surface area contributed by atoms with Crippen LogP contribution in [-0.4, -0.2) is 23.9 Å². The van der Waals surface area contributed by atoms with Gasteiger partial charge in [-0.05, 0) is 25.0 Å². The minimum Gasteiger partial charge on any atom is -0.497 e. The van der Waals surface area contributed by atoms with Crippen molar-refractivity contribution < 1.29 is 14.3 Å². The molecule has 0 unspecified atom stereocenters. The quantitative estimate of drug-likeness (QED) is 0.828. The van der Waals surface area contributed by atoms with Crippen LogP contribution >= 0.6 is 11.3 Å². The predicted octanol–water partition coefficient (Wildman–Crippen LogP) is 3.46. The van der Waals surface area contributed by atoms with E-state index in [-0.39, 0.29) is 24.2 Å². The van der Waals surface area contributed by atoms with Gasteiger partial charge in [0.1, 0.15) is 5.75 Å². The number of ether oxygens (including phenoxy) is 1. The predicted molar refractivity (Wildman–Crippen MR) is 98.0 cm³/mol. The molecule has 2 amide bonds. The van der Waals surface area contributed by atoms with E-state index in [0.717, 1.165) is 25.7 Å². The summed E-state index contributed by atoms with van der Waals surface area (Å²) in [6, 6.07) is 7.18. The van der Waals surface area contributed by atoms with E-state index in [0.29, 0.717) is 22.3 Å². The molecule has 0 atom stereocenters. The lowest BCUT2D eigenvalue weighted by Gasteiger charge is -2.07. The van der Waals surface area contributed by atoms with Gasteiger partial charge in [0, 0.05) is 23.1 Å². The summed E-state index contributed by atoms with van der Waals surface area (Å²) in [6.45, 7) is 0. The number of benzene rings is 1. The highest BCUT2D eigenvalue weighted by molar-refractivity contribution is 7.13. The molecule has 1 heterocycles. The first-order chi connectivity index (χ1) is 12.1. The fourth-order valence-electron chi connectivity index (χ4n) is 2.91. The Hall–Kier alpha value is -2.41. The van der Waals surface area contributed by atoms with Crippen molar-refractivity contribution in [1.82, 2.24) is 4.98 Å². The molecule has 0 bridgehead atoms. The molecule has 0 radical (unpaired) electrons. The van der Waals surface area contributed by atoms with Crippen LogP contribution in [0.3, 0.4) is 0 Å². The third-order valence-corrected chi connectivity index (χ3v) is 5.01. The van der Waals surface area contributed by atoms with Crippen LogP contribution in [0, 0.1) is 5.92 Å². The molecule has 132 valence electrons. The number of anilines is 2. The van der Waals surface area contributed by atoms with Gasteiger partial charge in [0.15, 0.2) is 5.13 Å². The van der Waals surface area contributed by atoms with E-state index in [2.05, 4.69) is 15.6 Å². The lowest BCUT2D eigenvalue weighted by Crippen LogP contribution is -2.20. The van der Waals surface area contributed by atoms with Gasteiger partial charge in [-0.1, -0.05) is 18.9 Å². The van der Waals surface area contributed by atoms with Crippen molar-refractivity contribution >= 4 is 34.0 Å². The van der Waals surface area contributed by atoms with Gasteiger partial charge in [0.05, 0.1) is 19.2 Å². The Morgan fingerprint density at radius 2 is 2.08 bits per heavy atom. The van der Waals surface area contributed by atoms with Gasteiger partial charge in [-0.15, -0.1) is 11.3 Å². The SMILES string of the molecule is COc1cccc(NC(=O)Cc2csc(NC(=O)C3CCCC3)n2)c1. The van der Waals surface area contributed by atoms with Crippen LogP contribution in [0.1, 0.15) is 31.4 Å². The van der Waals surface area contributed by atoms with Crippen molar-refractivity contribution in [3.8, 4) is 5.75 Å². The number of thiazole rings is 1. The smallest absolute Gasteiger partial charge is 0.230 e. The summed E-state index contributed by atoms with van der Waals surface area (Å²) in [5, 5.41) is 8.04. The molecule has 3 rings (SSSR count). The standard InChI is InChI=1S/C18H21N3O3S/c1-24-15-8-4-7-13(9-15)19-16(22)10-14-11-25-18(20-14)21-17(23)12-5-2-3-6-12/h4,7-9,11-12H,2-3,5-6,10H2,1H3,(H,19,22)(H,20,21,23). The second kappa shape index (κ2) is 8.11. The Kier molecular flexibility index (Phi) is 5.65. The molecule has 2 aromatic rings. The van der Waals surface area contributed by atoms with E-state index in [1.807, 2.05) is 12.1 Å². The van der Waals surface area contributed by atoms with Crippen LogP contribution in [-0.2, 0) is 16.0 Å². The molecule has 1 aromatic carbocycles. The molecule has 2 N–H and O–H groups in total. The van der Waals surface area contributed by atoms with Crippen LogP contribution in [0.15, 0.2) is 29.6 Å². The third-order valence-electron chi connectivity index (χ3n) is 4.20. The van der Waals surface area contributed by atoms with E-state index in [1.165, 1.54) is 11.3 Å². The monoisotopic (exact) mass is 359 g/mol. The van der Waals surface area contributed by atoms with Gasteiger partial charge in [0.2, 0.25) is 11.8 Å². The van der Waals surface area contributed by atoms with E-state index in [4.69, 9.17) is 4.74 Å². The van der Waals surface area contributed by atoms with Gasteiger partial charge >= 0.3 is 0 Å². The van der Waals surface area contributed by atoms with Gasteiger partial charge in [-0.2, -0.15) is 0 Å². The van der Waals surface area contributed by atoms with Crippen molar-refractivity contribution in [3.63, 3.8) is 0 Å². The zero-order valence-electron chi connectivity index (χ0n) is 14.1. The summed E-state index contributed by atoms with van der Waals surface area (Å²) in [7, 11) is 1.58. The summed E-state index contributed by atoms with van der Waals surface area (Å²) >= 11 is 1.35. The fraction of sp³-hybridized carbons (Fsp3) is 0.389. The number of methoxy groups -OCH3 is 1. The Bertz CT molecular complexity index is 754. The van der Waals surface area contributed by atoms with Crippen molar-refractivity contribution in [3.05, 3.63) is 35.3 Å². The molecule has 1 saturated carbocycles. The van der Waals surface area contributed by atoms with Crippen molar-refractivity contribution in [1.29, 1.82) is 0 Å². The van der Waals surface area contributed by atoms with Gasteiger partial charge < -0.3 is 15.4 Å². The number of nitrogens with zero attached hydrogens (tertiary/aromatic N) is 1. The second-order valence-corrected chi connectivity index (χ2v) is 6.93. The van der Waals surface area contributed by atoms with Crippen LogP contribution < -0.4 is 15.4 Å². The molecule has 7 heteroatoms. The maximum atomic E-state index is 12.1. The highest BCUT2D eigenvalue weighted by Crippen LogP contribution is 2.26. The molecule has 0 saturated heterocycles. The number of hydrogen-bond acceptors (Lipinski definition) is 5. The minimum atomic E-state index is -0.160. The van der Waals surface area contributed by atoms with Crippen molar-refractivity contribution in [2.45, 2.75) is 32.1 Å². The zero-order chi connectivity index (χ0) is 17.6. The molecule has 1 aliphatic carbocycles. The molecular weight excluding hydrogens is 338 g/mol. The molecule has 6 nitrogen and oxygen atoms in total. The Labute approximate surface area is 150 Å². The average molecular weight is 359 g/mol. The molecule has 0 aliphatic heterocycles. The highest BCUT2D eigenvalue weighted by atomic mass is 32.1. The summed E-state index contributed by atoms with van der Waals surface area (Å²) < 4.78 is 5.13. The molecule has 1 aliphatic rings. The first-order valence-electron chi connectivity index (χ1n) is 8.33. The molecule has 1 fully saturated rings. The average Bonchev–Trinajstić information content (AvgIpc) is 3.27. The number of carbonyl (C=O) groups excluding carboxylic acids is 2. The first-order valence-corrected chi connectivity index (χ1v) is 9.21. The van der Waals surface area contributed by atoms with Crippen LogP contribution in [0.2, 0.25) is 0 Å². The van der Waals surface area contributed by atoms with Crippen molar-refractivity contribution in [2.24, 2.45) is 5.92 Å². The minimum absolute atomic E-state index is 0.0410. The van der Waals surface area contributed by atoms with Crippen LogP contribution in [0.4, 0.5) is 10.8 Å². The fourth-order valence-corrected chi connectivity index (χ4v) is 3.62. The maximum Gasteiger partial charge on any atom is 0.230 e. The van der Waals surface area contributed by atoms with Gasteiger partial charge in [0.25, 0.3) is 0 Å². The zero-order valence-corrected chi connectivity index (χ0v) is 14.9.